The first kappa shape index (κ1) is 9.67. The predicted octanol–water partition coefficient (Wildman–Crippen LogP) is 2.65. The van der Waals surface area contributed by atoms with Crippen molar-refractivity contribution in [1.29, 1.82) is 0 Å². The fourth-order valence-corrected chi connectivity index (χ4v) is 1.02. The van der Waals surface area contributed by atoms with Gasteiger partial charge in [0.25, 0.3) is 0 Å². The Morgan fingerprint density at radius 2 is 1.90 bits per heavy atom. The molecular formula is C9H18O. The van der Waals surface area contributed by atoms with Crippen LogP contribution in [0.15, 0.2) is 0 Å². The molecule has 0 amide bonds. The van der Waals surface area contributed by atoms with Crippen LogP contribution in [0.25, 0.3) is 0 Å². The minimum absolute atomic E-state index is 0.151. The highest BCUT2D eigenvalue weighted by atomic mass is 16.1. The minimum Gasteiger partial charge on any atom is -0.303 e. The third-order valence-corrected chi connectivity index (χ3v) is 1.88. The van der Waals surface area contributed by atoms with E-state index >= 15 is 0 Å². The standard InChI is InChI=1S/C9H18O/c1-5-6-8(7-10)9(2,3)4/h7-8H,5-6H2,1-4H3/t8-/m1/s1. The molecule has 0 aromatic carbocycles. The first-order valence-corrected chi connectivity index (χ1v) is 3.97. The van der Waals surface area contributed by atoms with Crippen molar-refractivity contribution in [2.75, 3.05) is 0 Å². The Morgan fingerprint density at radius 3 is 2.00 bits per heavy atom. The molecule has 0 aliphatic carbocycles. The molecule has 0 aromatic rings. The van der Waals surface area contributed by atoms with Gasteiger partial charge >= 0.3 is 0 Å². The van der Waals surface area contributed by atoms with Gasteiger partial charge in [0.2, 0.25) is 0 Å². The minimum atomic E-state index is 0.151. The zero-order valence-corrected chi connectivity index (χ0v) is 7.48. The Kier molecular flexibility index (Phi) is 3.62. The first-order valence-electron chi connectivity index (χ1n) is 3.97. The molecule has 1 heteroatoms. The van der Waals surface area contributed by atoms with E-state index in [9.17, 15) is 4.79 Å². The maximum Gasteiger partial charge on any atom is 0.123 e. The molecule has 1 atom stereocenters. The number of carbonyl (C=O) groups is 1. The second-order valence-corrected chi connectivity index (χ2v) is 3.90. The van der Waals surface area contributed by atoms with E-state index in [4.69, 9.17) is 0 Å². The quantitative estimate of drug-likeness (QED) is 0.554. The molecule has 0 saturated carbocycles. The fourth-order valence-electron chi connectivity index (χ4n) is 1.02. The molecule has 10 heavy (non-hydrogen) atoms. The van der Waals surface area contributed by atoms with Crippen molar-refractivity contribution in [3.8, 4) is 0 Å². The SMILES string of the molecule is CCC[C@H](C=O)C(C)(C)C. The Bertz CT molecular complexity index is 99.8. The van der Waals surface area contributed by atoms with Crippen molar-refractivity contribution in [3.05, 3.63) is 0 Å². The van der Waals surface area contributed by atoms with Crippen LogP contribution in [0, 0.1) is 11.3 Å². The van der Waals surface area contributed by atoms with Crippen molar-refractivity contribution in [2.45, 2.75) is 40.5 Å². The van der Waals surface area contributed by atoms with Crippen LogP contribution >= 0.6 is 0 Å². The summed E-state index contributed by atoms with van der Waals surface area (Å²) in [5, 5.41) is 0. The van der Waals surface area contributed by atoms with Crippen LogP contribution in [0.3, 0.4) is 0 Å². The van der Waals surface area contributed by atoms with E-state index in [1.165, 1.54) is 0 Å². The molecule has 0 spiro atoms. The van der Waals surface area contributed by atoms with Gasteiger partial charge in [-0.3, -0.25) is 0 Å². The summed E-state index contributed by atoms with van der Waals surface area (Å²) >= 11 is 0. The van der Waals surface area contributed by atoms with Gasteiger partial charge < -0.3 is 4.79 Å². The van der Waals surface area contributed by atoms with Crippen LogP contribution in [0.2, 0.25) is 0 Å². The average Bonchev–Trinajstić information content (AvgIpc) is 1.80. The third-order valence-electron chi connectivity index (χ3n) is 1.88. The Morgan fingerprint density at radius 1 is 1.40 bits per heavy atom. The van der Waals surface area contributed by atoms with Crippen LogP contribution in [0.1, 0.15) is 40.5 Å². The van der Waals surface area contributed by atoms with Gasteiger partial charge in [-0.1, -0.05) is 34.1 Å². The molecule has 0 N–H and O–H groups in total. The lowest BCUT2D eigenvalue weighted by atomic mass is 9.79. The van der Waals surface area contributed by atoms with Gasteiger partial charge in [0, 0.05) is 5.92 Å². The van der Waals surface area contributed by atoms with Crippen LogP contribution in [-0.4, -0.2) is 6.29 Å². The fraction of sp³-hybridized carbons (Fsp3) is 0.889. The molecule has 0 aromatic heterocycles. The monoisotopic (exact) mass is 142 g/mol. The van der Waals surface area contributed by atoms with Gasteiger partial charge in [-0.25, -0.2) is 0 Å². The van der Waals surface area contributed by atoms with Crippen LogP contribution in [0.4, 0.5) is 0 Å². The number of hydrogen-bond donors (Lipinski definition) is 0. The van der Waals surface area contributed by atoms with Crippen molar-refractivity contribution < 1.29 is 4.79 Å². The molecule has 0 rings (SSSR count). The lowest BCUT2D eigenvalue weighted by Gasteiger charge is -2.25. The van der Waals surface area contributed by atoms with Gasteiger partial charge in [-0.05, 0) is 11.8 Å². The molecule has 0 aliphatic rings. The smallest absolute Gasteiger partial charge is 0.123 e. The number of aldehydes is 1. The molecular weight excluding hydrogens is 124 g/mol. The maximum atomic E-state index is 10.5. The summed E-state index contributed by atoms with van der Waals surface area (Å²) in [5.41, 5.74) is 0.151. The summed E-state index contributed by atoms with van der Waals surface area (Å²) in [6.07, 6.45) is 3.21. The molecule has 0 unspecified atom stereocenters. The van der Waals surface area contributed by atoms with Crippen LogP contribution in [0.5, 0.6) is 0 Å². The zero-order chi connectivity index (χ0) is 8.20. The number of hydrogen-bond acceptors (Lipinski definition) is 1. The summed E-state index contributed by atoms with van der Waals surface area (Å²) in [5.74, 6) is 0.234. The van der Waals surface area contributed by atoms with Gasteiger partial charge in [-0.2, -0.15) is 0 Å². The second-order valence-electron chi connectivity index (χ2n) is 3.90. The lowest BCUT2D eigenvalue weighted by molar-refractivity contribution is -0.114. The predicted molar refractivity (Wildman–Crippen MR) is 43.9 cm³/mol. The molecule has 0 fully saturated rings. The molecule has 0 radical (unpaired) electrons. The molecule has 0 bridgehead atoms. The van der Waals surface area contributed by atoms with Gasteiger partial charge in [0.15, 0.2) is 0 Å². The molecule has 0 heterocycles. The Labute approximate surface area is 63.8 Å². The number of rotatable bonds is 3. The molecule has 1 nitrogen and oxygen atoms in total. The van der Waals surface area contributed by atoms with E-state index in [1.54, 1.807) is 0 Å². The van der Waals surface area contributed by atoms with Crippen molar-refractivity contribution in [1.82, 2.24) is 0 Å². The van der Waals surface area contributed by atoms with E-state index in [1.807, 2.05) is 0 Å². The van der Waals surface area contributed by atoms with Gasteiger partial charge in [0.1, 0.15) is 6.29 Å². The van der Waals surface area contributed by atoms with Gasteiger partial charge in [-0.15, -0.1) is 0 Å². The normalized spacial score (nSPS) is 14.8. The van der Waals surface area contributed by atoms with E-state index in [2.05, 4.69) is 27.7 Å². The highest BCUT2D eigenvalue weighted by Crippen LogP contribution is 2.27. The molecule has 0 saturated heterocycles. The van der Waals surface area contributed by atoms with E-state index < -0.39 is 0 Å². The Balaban J connectivity index is 3.93. The lowest BCUT2D eigenvalue weighted by Crippen LogP contribution is -2.21. The zero-order valence-electron chi connectivity index (χ0n) is 7.48. The largest absolute Gasteiger partial charge is 0.303 e. The summed E-state index contributed by atoms with van der Waals surface area (Å²) in [6.45, 7) is 8.45. The van der Waals surface area contributed by atoms with Crippen molar-refractivity contribution in [3.63, 3.8) is 0 Å². The number of carbonyl (C=O) groups excluding carboxylic acids is 1. The highest BCUT2D eigenvalue weighted by Gasteiger charge is 2.22. The molecule has 60 valence electrons. The Hall–Kier alpha value is -0.330. The van der Waals surface area contributed by atoms with Crippen LogP contribution < -0.4 is 0 Å². The van der Waals surface area contributed by atoms with Crippen molar-refractivity contribution >= 4 is 6.29 Å². The van der Waals surface area contributed by atoms with E-state index in [-0.39, 0.29) is 11.3 Å². The average molecular weight is 142 g/mol. The van der Waals surface area contributed by atoms with E-state index in [0.29, 0.717) is 0 Å². The first-order chi connectivity index (χ1) is 4.52. The maximum absolute atomic E-state index is 10.5. The van der Waals surface area contributed by atoms with Gasteiger partial charge in [0.05, 0.1) is 0 Å². The highest BCUT2D eigenvalue weighted by molar-refractivity contribution is 5.54. The summed E-state index contributed by atoms with van der Waals surface area (Å²) in [6, 6.07) is 0. The molecule has 0 aliphatic heterocycles. The second kappa shape index (κ2) is 3.75. The van der Waals surface area contributed by atoms with Crippen molar-refractivity contribution in [2.24, 2.45) is 11.3 Å². The third kappa shape index (κ3) is 3.00. The summed E-state index contributed by atoms with van der Waals surface area (Å²) in [7, 11) is 0. The topological polar surface area (TPSA) is 17.1 Å². The van der Waals surface area contributed by atoms with E-state index in [0.717, 1.165) is 19.1 Å². The summed E-state index contributed by atoms with van der Waals surface area (Å²) < 4.78 is 0. The van der Waals surface area contributed by atoms with Crippen LogP contribution in [-0.2, 0) is 4.79 Å². The summed E-state index contributed by atoms with van der Waals surface area (Å²) in [4.78, 5) is 10.5.